The van der Waals surface area contributed by atoms with Gasteiger partial charge in [-0.15, -0.1) is 0 Å². The summed E-state index contributed by atoms with van der Waals surface area (Å²) < 4.78 is 28.2. The van der Waals surface area contributed by atoms with Crippen molar-refractivity contribution in [1.29, 1.82) is 0 Å². The third-order valence-electron chi connectivity index (χ3n) is 4.22. The van der Waals surface area contributed by atoms with Crippen LogP contribution in [0.2, 0.25) is 0 Å². The molecule has 2 rings (SSSR count). The minimum absolute atomic E-state index is 0.253. The van der Waals surface area contributed by atoms with Crippen molar-refractivity contribution in [2.45, 2.75) is 50.3 Å². The minimum atomic E-state index is -3.19. The first kappa shape index (κ1) is 15.4. The Balaban J connectivity index is 2.05. The maximum atomic E-state index is 11.5. The smallest absolute Gasteiger partial charge is 0.228 e. The van der Waals surface area contributed by atoms with Crippen molar-refractivity contribution >= 4 is 9.84 Å². The Labute approximate surface area is 120 Å². The Bertz CT molecular complexity index is 535. The Morgan fingerprint density at radius 1 is 1.40 bits per heavy atom. The van der Waals surface area contributed by atoms with Gasteiger partial charge >= 0.3 is 0 Å². The highest BCUT2D eigenvalue weighted by molar-refractivity contribution is 7.90. The maximum Gasteiger partial charge on any atom is 0.228 e. The summed E-state index contributed by atoms with van der Waals surface area (Å²) in [6.07, 6.45) is 6.86. The van der Waals surface area contributed by atoms with Crippen LogP contribution in [0, 0.1) is 5.92 Å². The zero-order valence-corrected chi connectivity index (χ0v) is 13.1. The van der Waals surface area contributed by atoms with Gasteiger partial charge in [0.1, 0.15) is 5.25 Å². The third kappa shape index (κ3) is 3.58. The van der Waals surface area contributed by atoms with Crippen LogP contribution in [0.3, 0.4) is 0 Å². The van der Waals surface area contributed by atoms with Gasteiger partial charge in [0, 0.05) is 18.7 Å². The number of nitrogens with one attached hydrogen (secondary N) is 1. The van der Waals surface area contributed by atoms with Crippen molar-refractivity contribution in [3.63, 3.8) is 0 Å². The fraction of sp³-hybridized carbons (Fsp3) is 0.846. The molecule has 1 aliphatic rings. The molecule has 1 aliphatic carbocycles. The molecule has 7 heteroatoms. The normalized spacial score (nSPS) is 20.1. The van der Waals surface area contributed by atoms with Crippen molar-refractivity contribution < 1.29 is 12.9 Å². The van der Waals surface area contributed by atoms with E-state index in [1.165, 1.54) is 31.9 Å². The van der Waals surface area contributed by atoms with Gasteiger partial charge in [0.2, 0.25) is 5.89 Å². The Morgan fingerprint density at radius 3 is 2.60 bits per heavy atom. The van der Waals surface area contributed by atoms with E-state index in [9.17, 15) is 8.42 Å². The van der Waals surface area contributed by atoms with Crippen LogP contribution >= 0.6 is 0 Å². The van der Waals surface area contributed by atoms with Crippen LogP contribution in [0.5, 0.6) is 0 Å². The van der Waals surface area contributed by atoms with Gasteiger partial charge in [0.05, 0.1) is 0 Å². The highest BCUT2D eigenvalue weighted by Crippen LogP contribution is 2.29. The molecular formula is C13H23N3O3S. The summed E-state index contributed by atoms with van der Waals surface area (Å²) in [5.41, 5.74) is 0. The van der Waals surface area contributed by atoms with Gasteiger partial charge in [-0.25, -0.2) is 8.42 Å². The predicted molar refractivity (Wildman–Crippen MR) is 76.1 cm³/mol. The summed E-state index contributed by atoms with van der Waals surface area (Å²) in [4.78, 5) is 4.24. The maximum absolute atomic E-state index is 11.5. The van der Waals surface area contributed by atoms with Crippen molar-refractivity contribution in [1.82, 2.24) is 15.5 Å². The van der Waals surface area contributed by atoms with Gasteiger partial charge in [-0.1, -0.05) is 18.0 Å². The highest BCUT2D eigenvalue weighted by Gasteiger charge is 2.27. The first-order chi connectivity index (χ1) is 9.41. The molecule has 0 saturated heterocycles. The molecule has 0 aromatic carbocycles. The summed E-state index contributed by atoms with van der Waals surface area (Å²) in [6, 6.07) is 0.319. The molecule has 20 heavy (non-hydrogen) atoms. The molecule has 0 radical (unpaired) electrons. The summed E-state index contributed by atoms with van der Waals surface area (Å²) in [7, 11) is -1.25. The minimum Gasteiger partial charge on any atom is -0.339 e. The van der Waals surface area contributed by atoms with Gasteiger partial charge in [0.15, 0.2) is 15.7 Å². The van der Waals surface area contributed by atoms with Crippen LogP contribution in [0.1, 0.15) is 49.6 Å². The van der Waals surface area contributed by atoms with Crippen LogP contribution in [-0.2, 0) is 16.3 Å². The molecule has 2 atom stereocenters. The van der Waals surface area contributed by atoms with Crippen LogP contribution in [0.15, 0.2) is 4.52 Å². The quantitative estimate of drug-likeness (QED) is 0.857. The summed E-state index contributed by atoms with van der Waals surface area (Å²) >= 11 is 0. The molecule has 1 aromatic rings. The molecule has 2 unspecified atom stereocenters. The molecule has 1 saturated carbocycles. The summed E-state index contributed by atoms with van der Waals surface area (Å²) in [5.74, 6) is 1.41. The van der Waals surface area contributed by atoms with Gasteiger partial charge in [0.25, 0.3) is 0 Å². The van der Waals surface area contributed by atoms with Crippen LogP contribution in [0.4, 0.5) is 0 Å². The van der Waals surface area contributed by atoms with E-state index in [2.05, 4.69) is 15.5 Å². The Hall–Kier alpha value is -0.950. The number of hydrogen-bond donors (Lipinski definition) is 1. The first-order valence-corrected chi connectivity index (χ1v) is 9.06. The monoisotopic (exact) mass is 301 g/mol. The molecule has 1 aromatic heterocycles. The van der Waals surface area contributed by atoms with E-state index >= 15 is 0 Å². The van der Waals surface area contributed by atoms with Crippen molar-refractivity contribution in [3.8, 4) is 0 Å². The van der Waals surface area contributed by atoms with Crippen LogP contribution in [-0.4, -0.2) is 37.9 Å². The van der Waals surface area contributed by atoms with Gasteiger partial charge < -0.3 is 9.84 Å². The lowest BCUT2D eigenvalue weighted by molar-refractivity contribution is 0.317. The predicted octanol–water partition coefficient (Wildman–Crippen LogP) is 1.50. The molecule has 6 nitrogen and oxygen atoms in total. The fourth-order valence-electron chi connectivity index (χ4n) is 2.76. The number of nitrogens with zero attached hydrogens (tertiary/aromatic N) is 2. The highest BCUT2D eigenvalue weighted by atomic mass is 32.2. The van der Waals surface area contributed by atoms with E-state index < -0.39 is 15.1 Å². The molecule has 1 fully saturated rings. The van der Waals surface area contributed by atoms with Crippen molar-refractivity contribution in [3.05, 3.63) is 11.7 Å². The van der Waals surface area contributed by atoms with E-state index in [1.807, 2.05) is 7.05 Å². The zero-order valence-electron chi connectivity index (χ0n) is 12.3. The second kappa shape index (κ2) is 6.22. The first-order valence-electron chi connectivity index (χ1n) is 7.10. The third-order valence-corrected chi connectivity index (χ3v) is 5.72. The lowest BCUT2D eigenvalue weighted by Gasteiger charge is -2.20. The molecule has 0 spiro atoms. The average Bonchev–Trinajstić information content (AvgIpc) is 3.05. The molecule has 114 valence electrons. The molecule has 0 bridgehead atoms. The van der Waals surface area contributed by atoms with Crippen LogP contribution in [0.25, 0.3) is 0 Å². The lowest BCUT2D eigenvalue weighted by atomic mass is 9.95. The van der Waals surface area contributed by atoms with Crippen molar-refractivity contribution in [2.75, 3.05) is 13.3 Å². The molecule has 0 amide bonds. The van der Waals surface area contributed by atoms with E-state index in [-0.39, 0.29) is 5.82 Å². The Morgan fingerprint density at radius 2 is 2.05 bits per heavy atom. The number of likely N-dealkylation sites (N-methyl/N-ethyl adjacent to an activating group) is 1. The van der Waals surface area contributed by atoms with Gasteiger partial charge in [-0.2, -0.15) is 4.98 Å². The lowest BCUT2D eigenvalue weighted by Crippen LogP contribution is -2.34. The second-order valence-electron chi connectivity index (χ2n) is 5.66. The van der Waals surface area contributed by atoms with E-state index in [1.54, 1.807) is 6.92 Å². The van der Waals surface area contributed by atoms with Crippen LogP contribution < -0.4 is 5.32 Å². The van der Waals surface area contributed by atoms with Crippen molar-refractivity contribution in [2.24, 2.45) is 5.92 Å². The fourth-order valence-corrected chi connectivity index (χ4v) is 3.24. The topological polar surface area (TPSA) is 85.1 Å². The SMILES string of the molecule is CNC(Cc1nc(C(C)S(C)(=O)=O)no1)C1CCCC1. The molecule has 1 heterocycles. The molecule has 0 aliphatic heterocycles. The van der Waals surface area contributed by atoms with Gasteiger partial charge in [-0.3, -0.25) is 0 Å². The summed E-state index contributed by atoms with van der Waals surface area (Å²) in [6.45, 7) is 1.58. The number of hydrogen-bond acceptors (Lipinski definition) is 6. The van der Waals surface area contributed by atoms with Gasteiger partial charge in [-0.05, 0) is 32.7 Å². The van der Waals surface area contributed by atoms with E-state index in [4.69, 9.17) is 4.52 Å². The number of sulfone groups is 1. The average molecular weight is 301 g/mol. The molecular weight excluding hydrogens is 278 g/mol. The largest absolute Gasteiger partial charge is 0.339 e. The number of aromatic nitrogens is 2. The van der Waals surface area contributed by atoms with E-state index in [0.29, 0.717) is 24.3 Å². The Kier molecular flexibility index (Phi) is 4.80. The summed E-state index contributed by atoms with van der Waals surface area (Å²) in [5, 5.41) is 6.40. The second-order valence-corrected chi connectivity index (χ2v) is 8.03. The standard InChI is InChI=1S/C13H23N3O3S/c1-9(20(3,17)18)13-15-12(19-16-13)8-11(14-2)10-6-4-5-7-10/h9-11,14H,4-8H2,1-3H3. The van der Waals surface area contributed by atoms with E-state index in [0.717, 1.165) is 0 Å². The zero-order chi connectivity index (χ0) is 14.8. The molecule has 1 N–H and O–H groups in total. The number of rotatable bonds is 6.